The number of hydrogen-bond acceptors (Lipinski definition) is 3. The molecule has 19 heavy (non-hydrogen) atoms. The number of nitrogens with one attached hydrogen (secondary N) is 2. The van der Waals surface area contributed by atoms with E-state index < -0.39 is 0 Å². The van der Waals surface area contributed by atoms with Crippen LogP contribution in [0.15, 0.2) is 23.6 Å². The fraction of sp³-hybridized carbons (Fsp3) is 0.167. The fourth-order valence-corrected chi connectivity index (χ4v) is 2.47. The van der Waals surface area contributed by atoms with Crippen LogP contribution >= 0.6 is 34.5 Å². The summed E-state index contributed by atoms with van der Waals surface area (Å²) in [5.41, 5.74) is 1.42. The third-order valence-electron chi connectivity index (χ3n) is 2.27. The van der Waals surface area contributed by atoms with E-state index in [0.717, 1.165) is 10.7 Å². The van der Waals surface area contributed by atoms with Crippen LogP contribution in [-0.4, -0.2) is 11.0 Å². The lowest BCUT2D eigenvalue weighted by molar-refractivity contribution is 0.251. The maximum absolute atomic E-state index is 11.7. The lowest BCUT2D eigenvalue weighted by atomic mass is 10.3. The number of benzene rings is 1. The first kappa shape index (κ1) is 14.1. The van der Waals surface area contributed by atoms with Gasteiger partial charge in [0.15, 0.2) is 0 Å². The van der Waals surface area contributed by atoms with Crippen molar-refractivity contribution in [2.75, 3.05) is 5.32 Å². The molecule has 0 saturated carbocycles. The molecule has 2 N–H and O–H groups in total. The van der Waals surface area contributed by atoms with Crippen LogP contribution in [0.25, 0.3) is 0 Å². The van der Waals surface area contributed by atoms with Gasteiger partial charge in [0.05, 0.1) is 22.3 Å². The van der Waals surface area contributed by atoms with E-state index >= 15 is 0 Å². The largest absolute Gasteiger partial charge is 0.331 e. The summed E-state index contributed by atoms with van der Waals surface area (Å²) in [5, 5.41) is 8.85. The van der Waals surface area contributed by atoms with Crippen molar-refractivity contribution in [3.05, 3.63) is 44.3 Å². The summed E-state index contributed by atoms with van der Waals surface area (Å²) in [4.78, 5) is 16.0. The van der Waals surface area contributed by atoms with Crippen molar-refractivity contribution in [2.24, 2.45) is 0 Å². The van der Waals surface area contributed by atoms with Gasteiger partial charge in [-0.25, -0.2) is 9.78 Å². The van der Waals surface area contributed by atoms with Crippen molar-refractivity contribution in [1.82, 2.24) is 10.3 Å². The van der Waals surface area contributed by atoms with E-state index in [1.807, 2.05) is 12.3 Å². The molecule has 2 amide bonds. The molecule has 0 atom stereocenters. The quantitative estimate of drug-likeness (QED) is 0.896. The van der Waals surface area contributed by atoms with E-state index in [9.17, 15) is 4.79 Å². The molecule has 0 aliphatic rings. The summed E-state index contributed by atoms with van der Waals surface area (Å²) in [6.07, 6.45) is 0. The zero-order valence-corrected chi connectivity index (χ0v) is 12.4. The second kappa shape index (κ2) is 6.23. The molecule has 1 heterocycles. The Balaban J connectivity index is 1.92. The van der Waals surface area contributed by atoms with Gasteiger partial charge < -0.3 is 10.6 Å². The third kappa shape index (κ3) is 3.83. The van der Waals surface area contributed by atoms with Crippen molar-refractivity contribution < 1.29 is 4.79 Å². The van der Waals surface area contributed by atoms with Crippen molar-refractivity contribution >= 4 is 46.3 Å². The van der Waals surface area contributed by atoms with Crippen LogP contribution in [0.5, 0.6) is 0 Å². The van der Waals surface area contributed by atoms with Gasteiger partial charge in [-0.2, -0.15) is 0 Å². The smallest absolute Gasteiger partial charge is 0.319 e. The number of aromatic nitrogens is 1. The van der Waals surface area contributed by atoms with E-state index in [-0.39, 0.29) is 6.03 Å². The average Bonchev–Trinajstić information content (AvgIpc) is 2.78. The number of rotatable bonds is 3. The molecule has 1 aromatic carbocycles. The Kier molecular flexibility index (Phi) is 4.63. The Labute approximate surface area is 124 Å². The van der Waals surface area contributed by atoms with Crippen molar-refractivity contribution in [3.8, 4) is 0 Å². The molecule has 0 spiro atoms. The first-order valence-electron chi connectivity index (χ1n) is 5.46. The third-order valence-corrected chi connectivity index (χ3v) is 4.05. The van der Waals surface area contributed by atoms with E-state index in [4.69, 9.17) is 23.2 Å². The highest BCUT2D eigenvalue weighted by Gasteiger charge is 2.08. The minimum absolute atomic E-state index is 0.324. The van der Waals surface area contributed by atoms with E-state index in [1.165, 1.54) is 11.3 Å². The molecule has 0 aliphatic carbocycles. The summed E-state index contributed by atoms with van der Waals surface area (Å²) in [5.74, 6) is 0. The van der Waals surface area contributed by atoms with E-state index in [2.05, 4.69) is 15.6 Å². The predicted octanol–water partition coefficient (Wildman–Crippen LogP) is 4.08. The number of hydrogen-bond donors (Lipinski definition) is 2. The van der Waals surface area contributed by atoms with Gasteiger partial charge in [0.25, 0.3) is 0 Å². The highest BCUT2D eigenvalue weighted by molar-refractivity contribution is 7.09. The standard InChI is InChI=1S/C12H11Cl2N3OS/c1-7-6-19-10(16-7)5-15-12(18)17-9-4-2-3-8(13)11(9)14/h2-4,6H,5H2,1H3,(H2,15,17,18). The molecule has 2 rings (SSSR count). The average molecular weight is 316 g/mol. The Morgan fingerprint density at radius 2 is 2.21 bits per heavy atom. The molecular weight excluding hydrogens is 305 g/mol. The molecule has 0 unspecified atom stereocenters. The van der Waals surface area contributed by atoms with Crippen molar-refractivity contribution in [3.63, 3.8) is 0 Å². The first-order valence-corrected chi connectivity index (χ1v) is 7.09. The normalized spacial score (nSPS) is 10.3. The zero-order valence-electron chi connectivity index (χ0n) is 10.0. The zero-order chi connectivity index (χ0) is 13.8. The molecule has 0 aliphatic heterocycles. The monoisotopic (exact) mass is 315 g/mol. The molecule has 0 bridgehead atoms. The predicted molar refractivity (Wildman–Crippen MR) is 79.2 cm³/mol. The molecule has 7 heteroatoms. The van der Waals surface area contributed by atoms with Crippen LogP contribution in [0.2, 0.25) is 10.0 Å². The number of aryl methyl sites for hydroxylation is 1. The maximum atomic E-state index is 11.7. The van der Waals surface area contributed by atoms with E-state index in [0.29, 0.717) is 22.3 Å². The van der Waals surface area contributed by atoms with Crippen LogP contribution in [0.4, 0.5) is 10.5 Å². The molecule has 0 radical (unpaired) electrons. The van der Waals surface area contributed by atoms with Gasteiger partial charge in [0.2, 0.25) is 0 Å². The summed E-state index contributed by atoms with van der Waals surface area (Å²) in [6, 6.07) is 4.71. The fourth-order valence-electron chi connectivity index (χ4n) is 1.41. The second-order valence-corrected chi connectivity index (χ2v) is 5.52. The number of carbonyl (C=O) groups is 1. The topological polar surface area (TPSA) is 54.0 Å². The molecule has 2 aromatic rings. The summed E-state index contributed by atoms with van der Waals surface area (Å²) in [6.45, 7) is 2.29. The van der Waals surface area contributed by atoms with Gasteiger partial charge in [-0.15, -0.1) is 11.3 Å². The van der Waals surface area contributed by atoms with Crippen LogP contribution in [-0.2, 0) is 6.54 Å². The minimum Gasteiger partial charge on any atom is -0.331 e. The van der Waals surface area contributed by atoms with Gasteiger partial charge in [0.1, 0.15) is 5.01 Å². The van der Waals surface area contributed by atoms with Gasteiger partial charge in [0, 0.05) is 11.1 Å². The number of anilines is 1. The van der Waals surface area contributed by atoms with Crippen molar-refractivity contribution in [1.29, 1.82) is 0 Å². The molecule has 1 aromatic heterocycles. The summed E-state index contributed by atoms with van der Waals surface area (Å²) in [7, 11) is 0. The number of amides is 2. The van der Waals surface area contributed by atoms with E-state index in [1.54, 1.807) is 18.2 Å². The van der Waals surface area contributed by atoms with Crippen LogP contribution in [0.3, 0.4) is 0 Å². The Hall–Kier alpha value is -1.30. The Bertz CT molecular complexity index is 600. The highest BCUT2D eigenvalue weighted by atomic mass is 35.5. The Morgan fingerprint density at radius 3 is 2.89 bits per heavy atom. The number of halogens is 2. The molecule has 0 saturated heterocycles. The number of nitrogens with zero attached hydrogens (tertiary/aromatic N) is 1. The highest BCUT2D eigenvalue weighted by Crippen LogP contribution is 2.29. The molecule has 0 fully saturated rings. The Morgan fingerprint density at radius 1 is 1.42 bits per heavy atom. The molecular formula is C12H11Cl2N3OS. The summed E-state index contributed by atoms with van der Waals surface area (Å²) < 4.78 is 0. The number of carbonyl (C=O) groups excluding carboxylic acids is 1. The number of urea groups is 1. The van der Waals surface area contributed by atoms with Gasteiger partial charge in [-0.1, -0.05) is 29.3 Å². The molecule has 4 nitrogen and oxygen atoms in total. The molecule has 100 valence electrons. The van der Waals surface area contributed by atoms with Crippen molar-refractivity contribution in [2.45, 2.75) is 13.5 Å². The van der Waals surface area contributed by atoms with Gasteiger partial charge in [-0.3, -0.25) is 0 Å². The van der Waals surface area contributed by atoms with Gasteiger partial charge in [-0.05, 0) is 19.1 Å². The second-order valence-electron chi connectivity index (χ2n) is 3.79. The van der Waals surface area contributed by atoms with Crippen LogP contribution < -0.4 is 10.6 Å². The lowest BCUT2D eigenvalue weighted by Crippen LogP contribution is -2.28. The van der Waals surface area contributed by atoms with Gasteiger partial charge >= 0.3 is 6.03 Å². The first-order chi connectivity index (χ1) is 9.06. The minimum atomic E-state index is -0.350. The SMILES string of the molecule is Cc1csc(CNC(=O)Nc2cccc(Cl)c2Cl)n1. The van der Waals surface area contributed by atoms with Crippen LogP contribution in [0, 0.1) is 6.92 Å². The number of thiazole rings is 1. The summed E-state index contributed by atoms with van der Waals surface area (Å²) >= 11 is 13.3. The lowest BCUT2D eigenvalue weighted by Gasteiger charge is -2.08. The maximum Gasteiger partial charge on any atom is 0.319 e. The van der Waals surface area contributed by atoms with Crippen LogP contribution in [0.1, 0.15) is 10.7 Å².